The maximum Gasteiger partial charge on any atom is 0.120 e. The summed E-state index contributed by atoms with van der Waals surface area (Å²) in [6.45, 7) is 3.48. The van der Waals surface area contributed by atoms with Gasteiger partial charge >= 0.3 is 0 Å². The smallest absolute Gasteiger partial charge is 0.120 e. The molecular weight excluding hydrogens is 222 g/mol. The van der Waals surface area contributed by atoms with Crippen LogP contribution in [0.15, 0.2) is 24.3 Å². The lowest BCUT2D eigenvalue weighted by atomic mass is 10.2. The van der Waals surface area contributed by atoms with Crippen LogP contribution in [0.5, 0.6) is 5.75 Å². The molecule has 0 aliphatic heterocycles. The van der Waals surface area contributed by atoms with E-state index in [1.54, 1.807) is 6.07 Å². The molecule has 0 bridgehead atoms. The lowest BCUT2D eigenvalue weighted by molar-refractivity contribution is 0.268. The van der Waals surface area contributed by atoms with E-state index in [2.05, 4.69) is 11.2 Å². The predicted molar refractivity (Wildman–Crippen MR) is 67.9 cm³/mol. The van der Waals surface area contributed by atoms with Crippen LogP contribution in [-0.4, -0.2) is 19.2 Å². The zero-order valence-corrected chi connectivity index (χ0v) is 10.1. The number of benzene rings is 1. The predicted octanol–water partition coefficient (Wildman–Crippen LogP) is 2.72. The minimum atomic E-state index is 0.189. The summed E-state index contributed by atoms with van der Waals surface area (Å²) in [5, 5.41) is 3.94. The lowest BCUT2D eigenvalue weighted by Crippen LogP contribution is -2.34. The molecule has 16 heavy (non-hydrogen) atoms. The topological polar surface area (TPSA) is 21.3 Å². The van der Waals surface area contributed by atoms with Crippen molar-refractivity contribution in [3.63, 3.8) is 0 Å². The summed E-state index contributed by atoms with van der Waals surface area (Å²) in [7, 11) is 0. The van der Waals surface area contributed by atoms with Crippen LogP contribution in [-0.2, 0) is 0 Å². The van der Waals surface area contributed by atoms with Gasteiger partial charge in [-0.3, -0.25) is 0 Å². The van der Waals surface area contributed by atoms with Crippen molar-refractivity contribution in [2.75, 3.05) is 13.2 Å². The van der Waals surface area contributed by atoms with Gasteiger partial charge in [0.2, 0.25) is 0 Å². The zero-order valence-electron chi connectivity index (χ0n) is 9.37. The fourth-order valence-electron chi connectivity index (χ4n) is 1.37. The Kier molecular flexibility index (Phi) is 5.77. The highest BCUT2D eigenvalue weighted by atomic mass is 35.5. The SMILES string of the molecule is C#CCC(COc1cccc(Cl)c1)NCC. The molecule has 1 rings (SSSR count). The Labute approximate surface area is 102 Å². The van der Waals surface area contributed by atoms with E-state index in [-0.39, 0.29) is 6.04 Å². The van der Waals surface area contributed by atoms with Crippen molar-refractivity contribution < 1.29 is 4.74 Å². The van der Waals surface area contributed by atoms with E-state index in [9.17, 15) is 0 Å². The Bertz CT molecular complexity index is 359. The number of rotatable bonds is 6. The van der Waals surface area contributed by atoms with E-state index in [0.717, 1.165) is 12.3 Å². The first-order valence-corrected chi connectivity index (χ1v) is 5.69. The molecule has 1 aromatic carbocycles. The van der Waals surface area contributed by atoms with Crippen molar-refractivity contribution in [3.8, 4) is 18.1 Å². The molecule has 0 aliphatic carbocycles. The fraction of sp³-hybridized carbons (Fsp3) is 0.385. The summed E-state index contributed by atoms with van der Waals surface area (Å²) in [5.74, 6) is 3.40. The molecule has 1 atom stereocenters. The van der Waals surface area contributed by atoms with Crippen LogP contribution >= 0.6 is 11.6 Å². The number of hydrogen-bond donors (Lipinski definition) is 1. The van der Waals surface area contributed by atoms with Gasteiger partial charge in [0.15, 0.2) is 0 Å². The average molecular weight is 238 g/mol. The van der Waals surface area contributed by atoms with Gasteiger partial charge in [-0.1, -0.05) is 24.6 Å². The number of likely N-dealkylation sites (N-methyl/N-ethyl adjacent to an activating group) is 1. The van der Waals surface area contributed by atoms with E-state index >= 15 is 0 Å². The summed E-state index contributed by atoms with van der Waals surface area (Å²) in [4.78, 5) is 0. The summed E-state index contributed by atoms with van der Waals surface area (Å²) in [6, 6.07) is 7.54. The Morgan fingerprint density at radius 3 is 3.00 bits per heavy atom. The monoisotopic (exact) mass is 237 g/mol. The highest BCUT2D eigenvalue weighted by Gasteiger charge is 2.06. The molecule has 0 saturated carbocycles. The maximum absolute atomic E-state index is 5.85. The van der Waals surface area contributed by atoms with E-state index in [4.69, 9.17) is 22.8 Å². The van der Waals surface area contributed by atoms with Gasteiger partial charge in [0.25, 0.3) is 0 Å². The van der Waals surface area contributed by atoms with Crippen LogP contribution in [0, 0.1) is 12.3 Å². The zero-order chi connectivity index (χ0) is 11.8. The molecule has 0 fully saturated rings. The molecule has 3 heteroatoms. The van der Waals surface area contributed by atoms with E-state index in [1.165, 1.54) is 0 Å². The molecule has 1 N–H and O–H groups in total. The highest BCUT2D eigenvalue weighted by molar-refractivity contribution is 6.30. The standard InChI is InChI=1S/C13H16ClNO/c1-3-6-12(15-4-2)10-16-13-8-5-7-11(14)9-13/h1,5,7-9,12,15H,4,6,10H2,2H3. The number of hydrogen-bond acceptors (Lipinski definition) is 2. The molecule has 0 radical (unpaired) electrons. The minimum absolute atomic E-state index is 0.189. The summed E-state index contributed by atoms with van der Waals surface area (Å²) < 4.78 is 5.61. The molecule has 1 aromatic rings. The van der Waals surface area contributed by atoms with Crippen molar-refractivity contribution in [1.29, 1.82) is 0 Å². The Morgan fingerprint density at radius 1 is 1.56 bits per heavy atom. The lowest BCUT2D eigenvalue weighted by Gasteiger charge is -2.16. The van der Waals surface area contributed by atoms with Crippen molar-refractivity contribution in [2.45, 2.75) is 19.4 Å². The number of ether oxygens (including phenoxy) is 1. The summed E-state index contributed by atoms with van der Waals surface area (Å²) >= 11 is 5.85. The second-order valence-corrected chi connectivity index (χ2v) is 3.87. The van der Waals surface area contributed by atoms with Gasteiger partial charge in [-0.25, -0.2) is 0 Å². The summed E-state index contributed by atoms with van der Waals surface area (Å²) in [6.07, 6.45) is 5.95. The van der Waals surface area contributed by atoms with Crippen LogP contribution in [0.3, 0.4) is 0 Å². The third kappa shape index (κ3) is 4.57. The first-order chi connectivity index (χ1) is 7.76. The minimum Gasteiger partial charge on any atom is -0.492 e. The fourth-order valence-corrected chi connectivity index (χ4v) is 1.55. The third-order valence-electron chi connectivity index (χ3n) is 2.10. The maximum atomic E-state index is 5.85. The molecule has 0 saturated heterocycles. The van der Waals surface area contributed by atoms with Crippen molar-refractivity contribution >= 4 is 11.6 Å². The van der Waals surface area contributed by atoms with Gasteiger partial charge in [0.1, 0.15) is 12.4 Å². The first kappa shape index (κ1) is 12.9. The summed E-state index contributed by atoms with van der Waals surface area (Å²) in [5.41, 5.74) is 0. The van der Waals surface area contributed by atoms with Crippen molar-refractivity contribution in [1.82, 2.24) is 5.32 Å². The molecule has 0 spiro atoms. The van der Waals surface area contributed by atoms with Crippen molar-refractivity contribution in [2.24, 2.45) is 0 Å². The molecular formula is C13H16ClNO. The number of terminal acetylenes is 1. The number of nitrogens with one attached hydrogen (secondary N) is 1. The van der Waals surface area contributed by atoms with Gasteiger partial charge in [-0.2, -0.15) is 0 Å². The molecule has 2 nitrogen and oxygen atoms in total. The molecule has 86 valence electrons. The molecule has 0 amide bonds. The largest absolute Gasteiger partial charge is 0.492 e. The Morgan fingerprint density at radius 2 is 2.38 bits per heavy atom. The van der Waals surface area contributed by atoms with Gasteiger partial charge in [0.05, 0.1) is 6.04 Å². The Hall–Kier alpha value is -1.17. The van der Waals surface area contributed by atoms with Gasteiger partial charge < -0.3 is 10.1 Å². The first-order valence-electron chi connectivity index (χ1n) is 5.31. The van der Waals surface area contributed by atoms with E-state index in [0.29, 0.717) is 18.1 Å². The van der Waals surface area contributed by atoms with Crippen LogP contribution in [0.2, 0.25) is 5.02 Å². The Balaban J connectivity index is 2.45. The van der Waals surface area contributed by atoms with E-state index in [1.807, 2.05) is 25.1 Å². The average Bonchev–Trinajstić information content (AvgIpc) is 2.27. The van der Waals surface area contributed by atoms with Gasteiger partial charge in [-0.15, -0.1) is 12.3 Å². The quantitative estimate of drug-likeness (QED) is 0.769. The highest BCUT2D eigenvalue weighted by Crippen LogP contribution is 2.17. The molecule has 1 unspecified atom stereocenters. The third-order valence-corrected chi connectivity index (χ3v) is 2.34. The molecule has 0 aliphatic rings. The van der Waals surface area contributed by atoms with E-state index < -0.39 is 0 Å². The van der Waals surface area contributed by atoms with Crippen molar-refractivity contribution in [3.05, 3.63) is 29.3 Å². The second-order valence-electron chi connectivity index (χ2n) is 3.43. The normalized spacial score (nSPS) is 11.8. The van der Waals surface area contributed by atoms with Gasteiger partial charge in [0, 0.05) is 11.4 Å². The number of halogens is 1. The second kappa shape index (κ2) is 7.16. The van der Waals surface area contributed by atoms with Gasteiger partial charge in [-0.05, 0) is 24.7 Å². The van der Waals surface area contributed by atoms with Crippen LogP contribution in [0.25, 0.3) is 0 Å². The molecule has 0 heterocycles. The van der Waals surface area contributed by atoms with Crippen LogP contribution < -0.4 is 10.1 Å². The van der Waals surface area contributed by atoms with Crippen LogP contribution in [0.1, 0.15) is 13.3 Å². The molecule has 0 aromatic heterocycles. The van der Waals surface area contributed by atoms with Crippen LogP contribution in [0.4, 0.5) is 0 Å².